The van der Waals surface area contributed by atoms with Gasteiger partial charge in [0.05, 0.1) is 32.7 Å². The number of benzene rings is 2. The van der Waals surface area contributed by atoms with E-state index in [1.165, 1.54) is 72.8 Å². The molecule has 0 aliphatic rings. The fraction of sp³-hybridized carbons (Fsp3) is 0.0769. The van der Waals surface area contributed by atoms with Crippen molar-refractivity contribution in [3.8, 4) is 0 Å². The Morgan fingerprint density at radius 3 is 1.31 bits per heavy atom. The van der Waals surface area contributed by atoms with Crippen molar-refractivity contribution < 1.29 is 27.9 Å². The Morgan fingerprint density at radius 2 is 1.00 bits per heavy atom. The summed E-state index contributed by atoms with van der Waals surface area (Å²) < 4.78 is 26.1. The predicted molar refractivity (Wildman–Crippen MR) is 161 cm³/mol. The van der Waals surface area contributed by atoms with E-state index in [0.29, 0.717) is 11.4 Å². The number of carbonyl (C=O) groups is 2. The number of hydrazine groups is 2. The highest BCUT2D eigenvalue weighted by molar-refractivity contribution is 7.91. The molecule has 2 aromatic heterocycles. The number of aromatic nitrogens is 2. The van der Waals surface area contributed by atoms with Crippen LogP contribution in [0.4, 0.5) is 34.4 Å². The highest BCUT2D eigenvalue weighted by Crippen LogP contribution is 2.24. The molecule has 0 aliphatic carbocycles. The molecule has 0 unspecified atom stereocenters. The number of hydrogen-bond acceptors (Lipinski definition) is 14. The fourth-order valence-electron chi connectivity index (χ4n) is 3.55. The SMILES string of the molecule is O=C(CNNc1ccc([N+](=O)[O-])cn1)Nc1ccc(S(=O)(=O)c2ccc(NC(=O)CNNc3ccc([N+](=O)[O-])cn3)cc2)cc1. The minimum atomic E-state index is -3.90. The second-order valence-corrected chi connectivity index (χ2v) is 10.9. The van der Waals surface area contributed by atoms with Crippen LogP contribution in [0.15, 0.2) is 95.0 Å². The van der Waals surface area contributed by atoms with E-state index in [9.17, 15) is 38.2 Å². The lowest BCUT2D eigenvalue weighted by Crippen LogP contribution is -2.32. The number of nitrogens with zero attached hydrogens (tertiary/aromatic N) is 4. The van der Waals surface area contributed by atoms with E-state index < -0.39 is 31.5 Å². The molecule has 0 saturated carbocycles. The molecule has 2 amide bonds. The van der Waals surface area contributed by atoms with Crippen LogP contribution in [-0.2, 0) is 19.4 Å². The summed E-state index contributed by atoms with van der Waals surface area (Å²) in [6, 6.07) is 16.3. The molecule has 6 N–H and O–H groups in total. The maximum atomic E-state index is 13.1. The lowest BCUT2D eigenvalue weighted by atomic mass is 10.3. The van der Waals surface area contributed by atoms with Crippen LogP contribution in [0.5, 0.6) is 0 Å². The summed E-state index contributed by atoms with van der Waals surface area (Å²) in [7, 11) is -3.90. The Morgan fingerprint density at radius 1 is 0.622 bits per heavy atom. The van der Waals surface area contributed by atoms with Crippen molar-refractivity contribution >= 4 is 56.0 Å². The largest absolute Gasteiger partial charge is 0.325 e. The third-order valence-electron chi connectivity index (χ3n) is 5.74. The van der Waals surface area contributed by atoms with Gasteiger partial charge in [-0.05, 0) is 60.7 Å². The average Bonchev–Trinajstić information content (AvgIpc) is 3.02. The smallest absolute Gasteiger partial charge is 0.287 e. The number of nitrogens with one attached hydrogen (secondary N) is 6. The molecule has 232 valence electrons. The lowest BCUT2D eigenvalue weighted by Gasteiger charge is -2.10. The Labute approximate surface area is 254 Å². The Balaban J connectivity index is 1.23. The second kappa shape index (κ2) is 14.4. The summed E-state index contributed by atoms with van der Waals surface area (Å²) >= 11 is 0. The standard InChI is InChI=1S/C26H24N10O8S/c37-25(15-29-33-23-11-5-19(13-27-23)35(39)40)31-17-1-7-21(8-2-17)45(43,44)22-9-3-18(4-10-22)32-26(38)16-30-34-24-12-6-20(14-28-24)36(41)42/h1-14,29-30H,15-16H2,(H,27,33)(H,28,34)(H,31,37)(H,32,38). The number of sulfone groups is 1. The van der Waals surface area contributed by atoms with Gasteiger partial charge >= 0.3 is 0 Å². The van der Waals surface area contributed by atoms with Gasteiger partial charge in [0.1, 0.15) is 24.0 Å². The van der Waals surface area contributed by atoms with E-state index in [-0.39, 0.29) is 45.9 Å². The van der Waals surface area contributed by atoms with Gasteiger partial charge in [-0.15, -0.1) is 0 Å². The van der Waals surface area contributed by atoms with Gasteiger partial charge in [-0.25, -0.2) is 29.2 Å². The molecule has 4 rings (SSSR count). The molecular formula is C26H24N10O8S. The number of pyridine rings is 2. The highest BCUT2D eigenvalue weighted by atomic mass is 32.2. The van der Waals surface area contributed by atoms with Gasteiger partial charge in [0.25, 0.3) is 11.4 Å². The average molecular weight is 637 g/mol. The normalized spacial score (nSPS) is 10.8. The first-order valence-corrected chi connectivity index (χ1v) is 14.2. The van der Waals surface area contributed by atoms with Gasteiger partial charge in [0.15, 0.2) is 0 Å². The van der Waals surface area contributed by atoms with Crippen LogP contribution in [0, 0.1) is 20.2 Å². The minimum absolute atomic E-state index is 0.0172. The molecule has 45 heavy (non-hydrogen) atoms. The van der Waals surface area contributed by atoms with E-state index in [2.05, 4.69) is 42.3 Å². The third kappa shape index (κ3) is 8.97. The first kappa shape index (κ1) is 31.9. The van der Waals surface area contributed by atoms with E-state index in [1.807, 2.05) is 0 Å². The molecule has 4 aromatic rings. The molecule has 0 radical (unpaired) electrons. The van der Waals surface area contributed by atoms with Crippen molar-refractivity contribution in [1.29, 1.82) is 0 Å². The summed E-state index contributed by atoms with van der Waals surface area (Å²) in [5, 5.41) is 26.6. The van der Waals surface area contributed by atoms with Crippen LogP contribution < -0.4 is 32.3 Å². The molecule has 0 atom stereocenters. The first-order chi connectivity index (χ1) is 21.5. The third-order valence-corrected chi connectivity index (χ3v) is 7.53. The zero-order valence-corrected chi connectivity index (χ0v) is 23.8. The summed E-state index contributed by atoms with van der Waals surface area (Å²) in [5.41, 5.74) is 10.9. The van der Waals surface area contributed by atoms with Gasteiger partial charge in [0, 0.05) is 23.5 Å². The molecule has 0 saturated heterocycles. The quantitative estimate of drug-likeness (QED) is 0.0858. The van der Waals surface area contributed by atoms with Crippen molar-refractivity contribution in [3.05, 3.63) is 105 Å². The van der Waals surface area contributed by atoms with E-state index in [4.69, 9.17) is 0 Å². The van der Waals surface area contributed by atoms with Crippen LogP contribution in [0.3, 0.4) is 0 Å². The molecule has 0 aliphatic heterocycles. The molecule has 0 bridgehead atoms. The molecule has 0 spiro atoms. The van der Waals surface area contributed by atoms with E-state index in [0.717, 1.165) is 12.4 Å². The van der Waals surface area contributed by atoms with Crippen molar-refractivity contribution in [2.45, 2.75) is 9.79 Å². The molecule has 2 aromatic carbocycles. The predicted octanol–water partition coefficient (Wildman–Crippen LogP) is 2.24. The highest BCUT2D eigenvalue weighted by Gasteiger charge is 2.18. The molecule has 0 fully saturated rings. The van der Waals surface area contributed by atoms with Crippen LogP contribution in [-0.4, -0.2) is 53.1 Å². The van der Waals surface area contributed by atoms with Crippen molar-refractivity contribution in [2.24, 2.45) is 0 Å². The zero-order chi connectivity index (χ0) is 32.4. The van der Waals surface area contributed by atoms with Crippen LogP contribution in [0.25, 0.3) is 0 Å². The number of hydrogen-bond donors (Lipinski definition) is 6. The maximum absolute atomic E-state index is 13.1. The number of anilines is 4. The van der Waals surface area contributed by atoms with Gasteiger partial charge in [-0.1, -0.05) is 0 Å². The van der Waals surface area contributed by atoms with Crippen molar-refractivity contribution in [1.82, 2.24) is 20.8 Å². The number of rotatable bonds is 14. The van der Waals surface area contributed by atoms with Gasteiger partial charge in [-0.2, -0.15) is 0 Å². The summed E-state index contributed by atoms with van der Waals surface area (Å²) in [4.78, 5) is 52.2. The summed E-state index contributed by atoms with van der Waals surface area (Å²) in [6.45, 7) is -0.379. The van der Waals surface area contributed by atoms with Gasteiger partial charge in [-0.3, -0.25) is 29.8 Å². The number of nitro groups is 2. The number of amides is 2. The van der Waals surface area contributed by atoms with Crippen molar-refractivity contribution in [2.75, 3.05) is 34.6 Å². The van der Waals surface area contributed by atoms with Crippen LogP contribution in [0.1, 0.15) is 0 Å². The lowest BCUT2D eigenvalue weighted by molar-refractivity contribution is -0.385. The minimum Gasteiger partial charge on any atom is -0.325 e. The Kier molecular flexibility index (Phi) is 10.2. The topological polar surface area (TPSA) is 253 Å². The van der Waals surface area contributed by atoms with Crippen LogP contribution in [0.2, 0.25) is 0 Å². The fourth-order valence-corrected chi connectivity index (χ4v) is 4.81. The molecule has 19 heteroatoms. The number of carbonyl (C=O) groups excluding carboxylic acids is 2. The summed E-state index contributed by atoms with van der Waals surface area (Å²) in [5.74, 6) is -0.372. The van der Waals surface area contributed by atoms with Crippen molar-refractivity contribution in [3.63, 3.8) is 0 Å². The second-order valence-electron chi connectivity index (χ2n) is 8.92. The zero-order valence-electron chi connectivity index (χ0n) is 23.0. The maximum Gasteiger partial charge on any atom is 0.287 e. The Bertz CT molecular complexity index is 1660. The molecule has 2 heterocycles. The van der Waals surface area contributed by atoms with Crippen LogP contribution >= 0.6 is 0 Å². The summed E-state index contributed by atoms with van der Waals surface area (Å²) in [6.07, 6.45) is 2.13. The Hall–Kier alpha value is -6.05. The molecule has 18 nitrogen and oxygen atoms in total. The monoisotopic (exact) mass is 636 g/mol. The first-order valence-electron chi connectivity index (χ1n) is 12.7. The molecular weight excluding hydrogens is 612 g/mol. The van der Waals surface area contributed by atoms with Gasteiger partial charge < -0.3 is 21.5 Å². The van der Waals surface area contributed by atoms with E-state index in [1.54, 1.807) is 0 Å². The van der Waals surface area contributed by atoms with E-state index >= 15 is 0 Å². The van der Waals surface area contributed by atoms with Gasteiger partial charge in [0.2, 0.25) is 21.7 Å².